The number of imidazole rings is 1. The molecule has 0 spiro atoms. The van der Waals surface area contributed by atoms with Crippen molar-refractivity contribution < 1.29 is 0 Å². The van der Waals surface area contributed by atoms with Gasteiger partial charge in [-0.05, 0) is 50.0 Å². The fraction of sp³-hybridized carbons (Fsp3) is 0.353. The van der Waals surface area contributed by atoms with Crippen molar-refractivity contribution in [2.75, 3.05) is 13.1 Å². The van der Waals surface area contributed by atoms with Crippen LogP contribution in [0, 0.1) is 5.92 Å². The maximum atomic E-state index is 6.09. The van der Waals surface area contributed by atoms with E-state index in [9.17, 15) is 0 Å². The Morgan fingerprint density at radius 1 is 1.22 bits per heavy atom. The van der Waals surface area contributed by atoms with Crippen molar-refractivity contribution in [2.45, 2.75) is 19.4 Å². The van der Waals surface area contributed by atoms with Crippen molar-refractivity contribution >= 4 is 22.8 Å². The molecule has 1 saturated heterocycles. The quantitative estimate of drug-likeness (QED) is 0.803. The molecule has 0 radical (unpaired) electrons. The lowest BCUT2D eigenvalue weighted by molar-refractivity contribution is 0.337. The van der Waals surface area contributed by atoms with Crippen LogP contribution in [-0.2, 0) is 6.54 Å². The van der Waals surface area contributed by atoms with Crippen LogP contribution in [0.25, 0.3) is 22.6 Å². The van der Waals surface area contributed by atoms with Crippen molar-refractivity contribution in [1.29, 1.82) is 0 Å². The van der Waals surface area contributed by atoms with Gasteiger partial charge >= 0.3 is 0 Å². The molecule has 23 heavy (non-hydrogen) atoms. The second kappa shape index (κ2) is 6.26. The Balaban J connectivity index is 1.81. The first-order valence-corrected chi connectivity index (χ1v) is 8.32. The highest BCUT2D eigenvalue weighted by Crippen LogP contribution is 2.27. The van der Waals surface area contributed by atoms with Crippen LogP contribution in [0.2, 0.25) is 5.02 Å². The molecule has 1 aliphatic rings. The minimum absolute atomic E-state index is 0.616. The Hall–Kier alpha value is -1.98. The average molecular weight is 328 g/mol. The maximum Gasteiger partial charge on any atom is 0.160 e. The molecular weight excluding hydrogens is 310 g/mol. The maximum absolute atomic E-state index is 6.09. The summed E-state index contributed by atoms with van der Waals surface area (Å²) in [5.41, 5.74) is 2.81. The van der Waals surface area contributed by atoms with Crippen LogP contribution < -0.4 is 5.32 Å². The van der Waals surface area contributed by atoms with E-state index in [2.05, 4.69) is 19.9 Å². The van der Waals surface area contributed by atoms with Crippen molar-refractivity contribution in [3.8, 4) is 11.4 Å². The Morgan fingerprint density at radius 2 is 2.00 bits per heavy atom. The standard InChI is InChI=1S/C17H18ClN5/c18-14-9-15-17(21-10-14)23(11-12-1-5-19-6-2-12)16(22-15)13-3-7-20-8-4-13/h3-4,7-10,12,19H,1-2,5-6,11H2. The molecule has 1 aliphatic heterocycles. The van der Waals surface area contributed by atoms with E-state index in [0.29, 0.717) is 10.9 Å². The largest absolute Gasteiger partial charge is 0.317 e. The van der Waals surface area contributed by atoms with Crippen molar-refractivity contribution in [2.24, 2.45) is 5.92 Å². The number of halogens is 1. The van der Waals surface area contributed by atoms with E-state index in [4.69, 9.17) is 16.6 Å². The zero-order valence-corrected chi connectivity index (χ0v) is 13.5. The van der Waals surface area contributed by atoms with Gasteiger partial charge < -0.3 is 9.88 Å². The number of hydrogen-bond acceptors (Lipinski definition) is 4. The summed E-state index contributed by atoms with van der Waals surface area (Å²) in [5, 5.41) is 4.04. The average Bonchev–Trinajstić information content (AvgIpc) is 2.94. The van der Waals surface area contributed by atoms with Gasteiger partial charge in [-0.1, -0.05) is 11.6 Å². The molecule has 0 atom stereocenters. The van der Waals surface area contributed by atoms with Crippen LogP contribution in [0.3, 0.4) is 0 Å². The molecule has 0 amide bonds. The Kier molecular flexibility index (Phi) is 3.97. The summed E-state index contributed by atoms with van der Waals surface area (Å²) in [6, 6.07) is 5.86. The molecule has 0 aromatic carbocycles. The van der Waals surface area contributed by atoms with E-state index in [-0.39, 0.29) is 0 Å². The molecule has 0 unspecified atom stereocenters. The number of aromatic nitrogens is 4. The lowest BCUT2D eigenvalue weighted by Gasteiger charge is -2.23. The van der Waals surface area contributed by atoms with Crippen LogP contribution in [0.1, 0.15) is 12.8 Å². The van der Waals surface area contributed by atoms with Crippen molar-refractivity contribution in [1.82, 2.24) is 24.8 Å². The highest BCUT2D eigenvalue weighted by atomic mass is 35.5. The second-order valence-electron chi connectivity index (χ2n) is 5.97. The van der Waals surface area contributed by atoms with E-state index in [1.54, 1.807) is 18.6 Å². The molecule has 4 heterocycles. The zero-order valence-electron chi connectivity index (χ0n) is 12.7. The molecular formula is C17H18ClN5. The summed E-state index contributed by atoms with van der Waals surface area (Å²) < 4.78 is 2.23. The minimum atomic E-state index is 0.616. The predicted molar refractivity (Wildman–Crippen MR) is 91.4 cm³/mol. The summed E-state index contributed by atoms with van der Waals surface area (Å²) in [4.78, 5) is 13.4. The van der Waals surface area contributed by atoms with Crippen LogP contribution >= 0.6 is 11.6 Å². The first kappa shape index (κ1) is 14.6. The van der Waals surface area contributed by atoms with Gasteiger partial charge in [-0.15, -0.1) is 0 Å². The molecule has 0 bridgehead atoms. The van der Waals surface area contributed by atoms with Crippen molar-refractivity contribution in [3.05, 3.63) is 41.8 Å². The lowest BCUT2D eigenvalue weighted by Crippen LogP contribution is -2.30. The molecule has 1 fully saturated rings. The summed E-state index contributed by atoms with van der Waals surface area (Å²) in [5.74, 6) is 1.59. The Morgan fingerprint density at radius 3 is 2.78 bits per heavy atom. The van der Waals surface area contributed by atoms with E-state index >= 15 is 0 Å². The predicted octanol–water partition coefficient (Wildman–Crippen LogP) is 3.15. The third-order valence-corrected chi connectivity index (χ3v) is 4.60. The third-order valence-electron chi connectivity index (χ3n) is 4.39. The molecule has 118 valence electrons. The fourth-order valence-corrected chi connectivity index (χ4v) is 3.36. The normalized spacial score (nSPS) is 16.0. The fourth-order valence-electron chi connectivity index (χ4n) is 3.20. The van der Waals surface area contributed by atoms with Crippen molar-refractivity contribution in [3.63, 3.8) is 0 Å². The third kappa shape index (κ3) is 2.94. The smallest absolute Gasteiger partial charge is 0.160 e. The molecule has 0 saturated carbocycles. The van der Waals surface area contributed by atoms with Gasteiger partial charge in [0, 0.05) is 30.7 Å². The monoisotopic (exact) mass is 327 g/mol. The van der Waals surface area contributed by atoms with Gasteiger partial charge in [0.05, 0.1) is 5.02 Å². The molecule has 0 aliphatic carbocycles. The number of nitrogens with zero attached hydrogens (tertiary/aromatic N) is 4. The van der Waals surface area contributed by atoms with Crippen LogP contribution in [-0.4, -0.2) is 32.6 Å². The Bertz CT molecular complexity index is 808. The SMILES string of the molecule is Clc1cnc2c(c1)nc(-c1ccncc1)n2CC1CCNCC1. The van der Waals surface area contributed by atoms with E-state index in [1.807, 2.05) is 18.2 Å². The highest BCUT2D eigenvalue weighted by Gasteiger charge is 2.19. The molecule has 3 aromatic rings. The van der Waals surface area contributed by atoms with E-state index in [1.165, 1.54) is 12.8 Å². The molecule has 4 rings (SSSR count). The highest BCUT2D eigenvalue weighted by molar-refractivity contribution is 6.31. The van der Waals surface area contributed by atoms with Crippen LogP contribution in [0.5, 0.6) is 0 Å². The zero-order chi connectivity index (χ0) is 15.6. The number of hydrogen-bond donors (Lipinski definition) is 1. The minimum Gasteiger partial charge on any atom is -0.317 e. The molecule has 5 nitrogen and oxygen atoms in total. The van der Waals surface area contributed by atoms with E-state index < -0.39 is 0 Å². The number of rotatable bonds is 3. The topological polar surface area (TPSA) is 55.6 Å². The molecule has 1 N–H and O–H groups in total. The number of piperidine rings is 1. The second-order valence-corrected chi connectivity index (χ2v) is 6.41. The van der Waals surface area contributed by atoms with Gasteiger partial charge in [-0.25, -0.2) is 9.97 Å². The first-order chi connectivity index (χ1) is 11.3. The van der Waals surface area contributed by atoms with Gasteiger partial charge in [0.2, 0.25) is 0 Å². The van der Waals surface area contributed by atoms with Crippen LogP contribution in [0.4, 0.5) is 0 Å². The van der Waals surface area contributed by atoms with Gasteiger partial charge in [-0.3, -0.25) is 4.98 Å². The number of fused-ring (bicyclic) bond motifs is 1. The van der Waals surface area contributed by atoms with Gasteiger partial charge in [-0.2, -0.15) is 0 Å². The van der Waals surface area contributed by atoms with E-state index in [0.717, 1.165) is 42.2 Å². The first-order valence-electron chi connectivity index (χ1n) is 7.94. The Labute approximate surface area is 139 Å². The van der Waals surface area contributed by atoms with Crippen LogP contribution in [0.15, 0.2) is 36.8 Å². The molecule has 6 heteroatoms. The lowest BCUT2D eigenvalue weighted by atomic mass is 9.98. The summed E-state index contributed by atoms with van der Waals surface area (Å²) in [6.07, 6.45) is 7.65. The molecule has 3 aromatic heterocycles. The number of nitrogens with one attached hydrogen (secondary N) is 1. The number of pyridine rings is 2. The van der Waals surface area contributed by atoms with Gasteiger partial charge in [0.25, 0.3) is 0 Å². The van der Waals surface area contributed by atoms with Gasteiger partial charge in [0.15, 0.2) is 5.65 Å². The summed E-state index contributed by atoms with van der Waals surface area (Å²) >= 11 is 6.09. The summed E-state index contributed by atoms with van der Waals surface area (Å²) in [7, 11) is 0. The summed E-state index contributed by atoms with van der Waals surface area (Å²) in [6.45, 7) is 3.10. The van der Waals surface area contributed by atoms with Gasteiger partial charge in [0.1, 0.15) is 11.3 Å².